The third kappa shape index (κ3) is 3.88. The maximum absolute atomic E-state index is 4.91. The van der Waals surface area contributed by atoms with E-state index < -0.39 is 0 Å². The van der Waals surface area contributed by atoms with Crippen LogP contribution < -0.4 is 4.90 Å². The Morgan fingerprint density at radius 2 is 1.22 bits per heavy atom. The van der Waals surface area contributed by atoms with E-state index in [9.17, 15) is 0 Å². The molecule has 6 aromatic rings. The lowest BCUT2D eigenvalue weighted by Crippen LogP contribution is -2.14. The second-order valence-electron chi connectivity index (χ2n) is 8.64. The molecule has 3 heterocycles. The third-order valence-electron chi connectivity index (χ3n) is 6.32. The molecule has 0 unspecified atom stereocenters. The Balaban J connectivity index is 1.31. The number of para-hydroxylation sites is 3. The molecule has 0 atom stereocenters. The molecule has 4 aromatic carbocycles. The summed E-state index contributed by atoms with van der Waals surface area (Å²) in [5, 5.41) is 4.89. The zero-order chi connectivity index (χ0) is 24.6. The monoisotopic (exact) mass is 495 g/mol. The third-order valence-corrected chi connectivity index (χ3v) is 7.45. The van der Waals surface area contributed by atoms with Crippen LogP contribution in [0.3, 0.4) is 0 Å². The summed E-state index contributed by atoms with van der Waals surface area (Å²) in [6, 6.07) is 41.4. The van der Waals surface area contributed by atoms with Crippen LogP contribution in [0.5, 0.6) is 0 Å². The predicted molar refractivity (Wildman–Crippen MR) is 149 cm³/mol. The highest BCUT2D eigenvalue weighted by Gasteiger charge is 2.24. The van der Waals surface area contributed by atoms with Crippen LogP contribution in [-0.4, -0.2) is 19.7 Å². The number of aromatic nitrogens is 4. The van der Waals surface area contributed by atoms with Gasteiger partial charge in [-0.15, -0.1) is 5.10 Å². The van der Waals surface area contributed by atoms with Crippen molar-refractivity contribution < 1.29 is 0 Å². The minimum atomic E-state index is 0.658. The second-order valence-corrected chi connectivity index (χ2v) is 9.72. The SMILES string of the molecule is c1ccc(-n2nc(-c3ccc(N4c5ccccc5Sc5ccccc54)cc3)nc2-c2ccccn2)cc1. The second kappa shape index (κ2) is 9.08. The van der Waals surface area contributed by atoms with Crippen molar-refractivity contribution >= 4 is 28.8 Å². The number of hydrogen-bond acceptors (Lipinski definition) is 5. The van der Waals surface area contributed by atoms with E-state index in [-0.39, 0.29) is 0 Å². The summed E-state index contributed by atoms with van der Waals surface area (Å²) in [5.74, 6) is 1.37. The van der Waals surface area contributed by atoms with Crippen LogP contribution in [-0.2, 0) is 0 Å². The molecule has 0 fully saturated rings. The molecule has 0 N–H and O–H groups in total. The van der Waals surface area contributed by atoms with Gasteiger partial charge in [-0.05, 0) is 72.8 Å². The number of fused-ring (bicyclic) bond motifs is 2. The molecule has 0 amide bonds. The van der Waals surface area contributed by atoms with Gasteiger partial charge in [-0.25, -0.2) is 9.67 Å². The number of rotatable bonds is 4. The molecule has 37 heavy (non-hydrogen) atoms. The maximum atomic E-state index is 4.91. The summed E-state index contributed by atoms with van der Waals surface area (Å²) in [7, 11) is 0. The average molecular weight is 496 g/mol. The Morgan fingerprint density at radius 1 is 0.568 bits per heavy atom. The molecule has 0 spiro atoms. The van der Waals surface area contributed by atoms with Crippen LogP contribution in [0.4, 0.5) is 17.1 Å². The van der Waals surface area contributed by atoms with Gasteiger partial charge in [-0.3, -0.25) is 4.98 Å². The van der Waals surface area contributed by atoms with E-state index in [1.165, 1.54) is 21.2 Å². The van der Waals surface area contributed by atoms with Crippen molar-refractivity contribution in [1.29, 1.82) is 0 Å². The van der Waals surface area contributed by atoms with E-state index in [0.717, 1.165) is 22.6 Å². The largest absolute Gasteiger partial charge is 0.308 e. The van der Waals surface area contributed by atoms with Gasteiger partial charge >= 0.3 is 0 Å². The van der Waals surface area contributed by atoms with Gasteiger partial charge in [-0.1, -0.05) is 60.3 Å². The first-order valence-electron chi connectivity index (χ1n) is 12.1. The predicted octanol–water partition coefficient (Wildman–Crippen LogP) is 7.93. The minimum absolute atomic E-state index is 0.658. The van der Waals surface area contributed by atoms with Crippen LogP contribution in [0, 0.1) is 0 Å². The van der Waals surface area contributed by atoms with Crippen LogP contribution >= 0.6 is 11.8 Å². The molecule has 1 aliphatic rings. The van der Waals surface area contributed by atoms with Gasteiger partial charge in [-0.2, -0.15) is 0 Å². The average Bonchev–Trinajstić information content (AvgIpc) is 3.43. The number of benzene rings is 4. The Labute approximate surface area is 219 Å². The summed E-state index contributed by atoms with van der Waals surface area (Å²) in [4.78, 5) is 14.2. The summed E-state index contributed by atoms with van der Waals surface area (Å²) in [5.41, 5.74) is 6.13. The first kappa shape index (κ1) is 21.6. The normalized spacial score (nSPS) is 12.2. The van der Waals surface area contributed by atoms with Gasteiger partial charge in [0.05, 0.1) is 17.1 Å². The van der Waals surface area contributed by atoms with E-state index in [1.807, 2.05) is 65.0 Å². The highest BCUT2D eigenvalue weighted by Crippen LogP contribution is 2.51. The van der Waals surface area contributed by atoms with E-state index >= 15 is 0 Å². The van der Waals surface area contributed by atoms with E-state index in [2.05, 4.69) is 82.7 Å². The van der Waals surface area contributed by atoms with Crippen molar-refractivity contribution in [3.8, 4) is 28.6 Å². The lowest BCUT2D eigenvalue weighted by molar-refractivity contribution is 0.886. The fraction of sp³-hybridized carbons (Fsp3) is 0. The van der Waals surface area contributed by atoms with Gasteiger partial charge in [0.1, 0.15) is 5.69 Å². The minimum Gasteiger partial charge on any atom is -0.308 e. The number of pyridine rings is 1. The van der Waals surface area contributed by atoms with Gasteiger partial charge in [0.2, 0.25) is 0 Å². The Morgan fingerprint density at radius 3 is 1.89 bits per heavy atom. The van der Waals surface area contributed by atoms with E-state index in [1.54, 1.807) is 6.20 Å². The molecule has 0 radical (unpaired) electrons. The molecule has 2 aromatic heterocycles. The van der Waals surface area contributed by atoms with Crippen molar-refractivity contribution in [1.82, 2.24) is 19.7 Å². The highest BCUT2D eigenvalue weighted by molar-refractivity contribution is 7.99. The van der Waals surface area contributed by atoms with E-state index in [0.29, 0.717) is 11.6 Å². The molecular formula is C31H21N5S. The van der Waals surface area contributed by atoms with Crippen molar-refractivity contribution in [2.75, 3.05) is 4.90 Å². The molecular weight excluding hydrogens is 474 g/mol. The Hall–Kier alpha value is -4.68. The van der Waals surface area contributed by atoms with Crippen LogP contribution in [0.2, 0.25) is 0 Å². The first-order chi connectivity index (χ1) is 18.3. The smallest absolute Gasteiger partial charge is 0.182 e. The highest BCUT2D eigenvalue weighted by atomic mass is 32.2. The number of hydrogen-bond donors (Lipinski definition) is 0. The van der Waals surface area contributed by atoms with Gasteiger partial charge in [0, 0.05) is 27.2 Å². The molecule has 5 nitrogen and oxygen atoms in total. The number of nitrogens with zero attached hydrogens (tertiary/aromatic N) is 5. The van der Waals surface area contributed by atoms with Crippen LogP contribution in [0.15, 0.2) is 137 Å². The van der Waals surface area contributed by atoms with Crippen molar-refractivity contribution in [2.45, 2.75) is 9.79 Å². The zero-order valence-corrected chi connectivity index (χ0v) is 20.6. The molecule has 0 saturated heterocycles. The molecule has 1 aliphatic heterocycles. The molecule has 0 bridgehead atoms. The van der Waals surface area contributed by atoms with Crippen molar-refractivity contribution in [2.24, 2.45) is 0 Å². The number of anilines is 3. The van der Waals surface area contributed by atoms with Gasteiger partial charge in [0.25, 0.3) is 0 Å². The van der Waals surface area contributed by atoms with Gasteiger partial charge in [0.15, 0.2) is 11.6 Å². The topological polar surface area (TPSA) is 46.8 Å². The molecule has 6 heteroatoms. The summed E-state index contributed by atoms with van der Waals surface area (Å²) in [6.45, 7) is 0. The Bertz CT molecular complexity index is 1590. The fourth-order valence-electron chi connectivity index (χ4n) is 4.59. The molecule has 0 aliphatic carbocycles. The van der Waals surface area contributed by atoms with Crippen molar-refractivity contribution in [3.63, 3.8) is 0 Å². The standard InChI is InChI=1S/C31H21N5S/c1-2-10-24(11-3-1)36-31(25-12-8-9-21-32-25)33-30(34-36)22-17-19-23(20-18-22)35-26-13-4-6-15-28(26)37-29-16-7-5-14-27(29)35/h1-21H. The summed E-state index contributed by atoms with van der Waals surface area (Å²) in [6.07, 6.45) is 1.78. The lowest BCUT2D eigenvalue weighted by atomic mass is 10.1. The lowest BCUT2D eigenvalue weighted by Gasteiger charge is -2.32. The maximum Gasteiger partial charge on any atom is 0.182 e. The Kier molecular flexibility index (Phi) is 5.30. The molecule has 176 valence electrons. The molecule has 7 rings (SSSR count). The van der Waals surface area contributed by atoms with Crippen LogP contribution in [0.1, 0.15) is 0 Å². The zero-order valence-electron chi connectivity index (χ0n) is 19.8. The van der Waals surface area contributed by atoms with Crippen LogP contribution in [0.25, 0.3) is 28.6 Å². The first-order valence-corrected chi connectivity index (χ1v) is 12.9. The van der Waals surface area contributed by atoms with Crippen molar-refractivity contribution in [3.05, 3.63) is 128 Å². The fourth-order valence-corrected chi connectivity index (χ4v) is 5.64. The quantitative estimate of drug-likeness (QED) is 0.248. The van der Waals surface area contributed by atoms with E-state index in [4.69, 9.17) is 10.1 Å². The van der Waals surface area contributed by atoms with Gasteiger partial charge < -0.3 is 4.90 Å². The summed E-state index contributed by atoms with van der Waals surface area (Å²) >= 11 is 1.81. The summed E-state index contributed by atoms with van der Waals surface area (Å²) < 4.78 is 1.86. The molecule has 0 saturated carbocycles.